The molecule has 31 heavy (non-hydrogen) atoms. The van der Waals surface area contributed by atoms with E-state index >= 15 is 0 Å². The molecule has 10 heteroatoms. The molecule has 0 bridgehead atoms. The minimum Gasteiger partial charge on any atom is -0.480 e. The maximum absolute atomic E-state index is 12.7. The van der Waals surface area contributed by atoms with E-state index in [2.05, 4.69) is 4.72 Å². The maximum Gasteiger partial charge on any atom is 0.322 e. The summed E-state index contributed by atoms with van der Waals surface area (Å²) >= 11 is 12.0. The fraction of sp³-hybridized carbons (Fsp3) is 0.190. The van der Waals surface area contributed by atoms with Gasteiger partial charge in [-0.15, -0.1) is 0 Å². The van der Waals surface area contributed by atoms with Gasteiger partial charge >= 0.3 is 5.97 Å². The molecule has 0 aliphatic carbocycles. The van der Waals surface area contributed by atoms with E-state index < -0.39 is 28.0 Å². The lowest BCUT2D eigenvalue weighted by Gasteiger charge is -2.17. The second-order valence-electron chi connectivity index (χ2n) is 7.38. The van der Waals surface area contributed by atoms with Crippen LogP contribution in [0.5, 0.6) is 0 Å². The van der Waals surface area contributed by atoms with Crippen LogP contribution < -0.4 is 4.72 Å². The van der Waals surface area contributed by atoms with Gasteiger partial charge in [0.15, 0.2) is 11.0 Å². The molecule has 2 heterocycles. The minimum atomic E-state index is -4.07. The lowest BCUT2D eigenvalue weighted by molar-refractivity contribution is -0.140. The number of furan rings is 2. The van der Waals surface area contributed by atoms with E-state index in [4.69, 9.17) is 32.0 Å². The molecule has 162 valence electrons. The number of hydrogen-bond acceptors (Lipinski definition) is 5. The Morgan fingerprint density at radius 3 is 2.35 bits per heavy atom. The van der Waals surface area contributed by atoms with Gasteiger partial charge in [0.25, 0.3) is 0 Å². The van der Waals surface area contributed by atoms with E-state index in [1.807, 2.05) is 6.07 Å². The van der Waals surface area contributed by atoms with Crippen LogP contribution in [0.2, 0.25) is 10.2 Å². The van der Waals surface area contributed by atoms with Crippen molar-refractivity contribution in [3.63, 3.8) is 0 Å². The zero-order chi connectivity index (χ0) is 22.5. The molecule has 0 aliphatic heterocycles. The van der Waals surface area contributed by atoms with Crippen molar-refractivity contribution >= 4 is 61.1 Å². The van der Waals surface area contributed by atoms with Gasteiger partial charge in [0.1, 0.15) is 17.2 Å². The molecule has 2 aromatic carbocycles. The fourth-order valence-electron chi connectivity index (χ4n) is 3.31. The lowest BCUT2D eigenvalue weighted by atomic mass is 10.1. The average Bonchev–Trinajstić information content (AvgIpc) is 3.23. The summed E-state index contributed by atoms with van der Waals surface area (Å²) in [4.78, 5) is 11.3. The number of hydrogen-bond donors (Lipinski definition) is 2. The number of fused-ring (bicyclic) bond motifs is 3. The SMILES string of the molecule is CC(C)[C@H](NS(=O)(=O)c1ccc2c(c1)oc1ccc(-c3oc(Cl)cc3Cl)cc12)C(=O)O. The summed E-state index contributed by atoms with van der Waals surface area (Å²) in [7, 11) is -4.07. The summed E-state index contributed by atoms with van der Waals surface area (Å²) in [5.41, 5.74) is 1.57. The van der Waals surface area contributed by atoms with Crippen LogP contribution in [0.3, 0.4) is 0 Å². The topological polar surface area (TPSA) is 110 Å². The summed E-state index contributed by atoms with van der Waals surface area (Å²) in [5, 5.41) is 11.2. The van der Waals surface area contributed by atoms with E-state index in [1.165, 1.54) is 18.2 Å². The first-order chi connectivity index (χ1) is 14.6. The monoisotopic (exact) mass is 481 g/mol. The largest absolute Gasteiger partial charge is 0.480 e. The Kier molecular flexibility index (Phi) is 5.51. The number of carbonyl (C=O) groups is 1. The molecule has 2 aromatic heterocycles. The minimum absolute atomic E-state index is 0.0907. The van der Waals surface area contributed by atoms with Crippen molar-refractivity contribution in [2.75, 3.05) is 0 Å². The van der Waals surface area contributed by atoms with E-state index in [9.17, 15) is 18.3 Å². The number of sulfonamides is 1. The van der Waals surface area contributed by atoms with Crippen molar-refractivity contribution in [3.05, 3.63) is 52.7 Å². The van der Waals surface area contributed by atoms with Gasteiger partial charge in [0, 0.05) is 28.5 Å². The van der Waals surface area contributed by atoms with E-state index in [0.29, 0.717) is 32.9 Å². The summed E-state index contributed by atoms with van der Waals surface area (Å²) in [5.74, 6) is -1.25. The van der Waals surface area contributed by atoms with Gasteiger partial charge in [-0.1, -0.05) is 25.4 Å². The Balaban J connectivity index is 1.77. The summed E-state index contributed by atoms with van der Waals surface area (Å²) in [6.07, 6.45) is 0. The molecule has 0 saturated heterocycles. The van der Waals surface area contributed by atoms with E-state index in [1.54, 1.807) is 32.0 Å². The van der Waals surface area contributed by atoms with Gasteiger partial charge in [0.05, 0.1) is 9.92 Å². The zero-order valence-electron chi connectivity index (χ0n) is 16.3. The van der Waals surface area contributed by atoms with Crippen LogP contribution >= 0.6 is 23.2 Å². The van der Waals surface area contributed by atoms with Crippen molar-refractivity contribution in [1.82, 2.24) is 4.72 Å². The van der Waals surface area contributed by atoms with Crippen molar-refractivity contribution in [3.8, 4) is 11.3 Å². The molecule has 0 amide bonds. The molecule has 7 nitrogen and oxygen atoms in total. The molecule has 4 rings (SSSR count). The molecular formula is C21H17Cl2NO6S. The van der Waals surface area contributed by atoms with Crippen LogP contribution in [0.1, 0.15) is 13.8 Å². The highest BCUT2D eigenvalue weighted by atomic mass is 35.5. The quantitative estimate of drug-likeness (QED) is 0.374. The van der Waals surface area contributed by atoms with Crippen LogP contribution in [-0.4, -0.2) is 25.5 Å². The number of carboxylic acid groups (broad SMARTS) is 1. The Morgan fingerprint density at radius 1 is 1.00 bits per heavy atom. The van der Waals surface area contributed by atoms with Crippen LogP contribution in [0, 0.1) is 5.92 Å². The van der Waals surface area contributed by atoms with Gasteiger partial charge in [0.2, 0.25) is 10.0 Å². The summed E-state index contributed by atoms with van der Waals surface area (Å²) in [6, 6.07) is 9.93. The smallest absolute Gasteiger partial charge is 0.322 e. The second-order valence-corrected chi connectivity index (χ2v) is 9.87. The number of rotatable bonds is 6. The van der Waals surface area contributed by atoms with Gasteiger partial charge < -0.3 is 13.9 Å². The number of nitrogens with one attached hydrogen (secondary N) is 1. The Morgan fingerprint density at radius 2 is 1.74 bits per heavy atom. The van der Waals surface area contributed by atoms with Crippen molar-refractivity contribution in [2.24, 2.45) is 5.92 Å². The lowest BCUT2D eigenvalue weighted by Crippen LogP contribution is -2.44. The highest BCUT2D eigenvalue weighted by molar-refractivity contribution is 7.89. The van der Waals surface area contributed by atoms with Crippen molar-refractivity contribution in [2.45, 2.75) is 24.8 Å². The third kappa shape index (κ3) is 4.04. The van der Waals surface area contributed by atoms with Crippen molar-refractivity contribution in [1.29, 1.82) is 0 Å². The second kappa shape index (κ2) is 7.87. The van der Waals surface area contributed by atoms with Gasteiger partial charge in [-0.25, -0.2) is 8.42 Å². The fourth-order valence-corrected chi connectivity index (χ4v) is 5.15. The molecule has 4 aromatic rings. The third-order valence-corrected chi connectivity index (χ3v) is 6.79. The van der Waals surface area contributed by atoms with Crippen LogP contribution in [0.4, 0.5) is 0 Å². The zero-order valence-corrected chi connectivity index (χ0v) is 18.7. The number of benzene rings is 2. The molecule has 0 fully saturated rings. The predicted octanol–water partition coefficient (Wildman–Crippen LogP) is 5.54. The first-order valence-electron chi connectivity index (χ1n) is 9.23. The summed E-state index contributed by atoms with van der Waals surface area (Å²) < 4.78 is 39.0. The molecule has 0 radical (unpaired) electrons. The Bertz CT molecular complexity index is 1420. The van der Waals surface area contributed by atoms with Gasteiger partial charge in [-0.2, -0.15) is 4.72 Å². The molecule has 0 spiro atoms. The molecular weight excluding hydrogens is 465 g/mol. The van der Waals surface area contributed by atoms with Crippen LogP contribution in [-0.2, 0) is 14.8 Å². The molecule has 2 N–H and O–H groups in total. The number of halogens is 2. The third-order valence-electron chi connectivity index (χ3n) is 4.89. The molecule has 0 unspecified atom stereocenters. The molecule has 1 atom stereocenters. The van der Waals surface area contributed by atoms with E-state index in [-0.39, 0.29) is 10.1 Å². The average molecular weight is 482 g/mol. The Hall–Kier alpha value is -2.52. The first-order valence-corrected chi connectivity index (χ1v) is 11.5. The van der Waals surface area contributed by atoms with Crippen molar-refractivity contribution < 1.29 is 27.2 Å². The molecule has 0 aliphatic rings. The molecule has 0 saturated carbocycles. The predicted molar refractivity (Wildman–Crippen MR) is 118 cm³/mol. The summed E-state index contributed by atoms with van der Waals surface area (Å²) in [6.45, 7) is 3.25. The number of aliphatic carboxylic acids is 1. The number of carboxylic acids is 1. The first kappa shape index (κ1) is 21.7. The highest BCUT2D eigenvalue weighted by Gasteiger charge is 2.28. The van der Waals surface area contributed by atoms with Gasteiger partial charge in [-0.3, -0.25) is 4.79 Å². The highest BCUT2D eigenvalue weighted by Crippen LogP contribution is 2.37. The van der Waals surface area contributed by atoms with E-state index in [0.717, 1.165) is 5.39 Å². The maximum atomic E-state index is 12.7. The van der Waals surface area contributed by atoms with Gasteiger partial charge in [-0.05, 0) is 47.9 Å². The van der Waals surface area contributed by atoms with Crippen LogP contribution in [0.15, 0.2) is 56.2 Å². The standard InChI is InChI=1S/C21H17Cl2NO6S/c1-10(2)19(21(25)26)24-31(27,28)12-4-5-13-14-7-11(20-15(22)9-18(23)30-20)3-6-16(14)29-17(13)8-12/h3-10,19,24H,1-2H3,(H,25,26)/t19-/m0/s1. The Labute approximate surface area is 187 Å². The van der Waals surface area contributed by atoms with Crippen LogP contribution in [0.25, 0.3) is 33.3 Å². The normalized spacial score (nSPS) is 13.3.